The van der Waals surface area contributed by atoms with Crippen LogP contribution in [0, 0.1) is 0 Å². The van der Waals surface area contributed by atoms with Crippen LogP contribution in [-0.4, -0.2) is 55.9 Å². The Labute approximate surface area is 160 Å². The van der Waals surface area contributed by atoms with Gasteiger partial charge in [0.15, 0.2) is 0 Å². The van der Waals surface area contributed by atoms with Crippen molar-refractivity contribution in [2.45, 2.75) is 13.3 Å². The molecule has 4 N–H and O–H groups in total. The van der Waals surface area contributed by atoms with Gasteiger partial charge in [-0.2, -0.15) is 5.10 Å². The number of nitrogens with zero attached hydrogens (tertiary/aromatic N) is 1. The topological polar surface area (TPSA) is 138 Å². The standard InChI is InChI=1S/C16H21ClN4O6/c1-9(20-21-16(25)15(24)18-4-5-22)6-14(23)19-11-8-12(26-2)10(17)7-13(11)27-3/h7-8,22H,4-6H2,1-3H3,(H,18,24)(H,19,23)(H,21,25)/b20-9-. The van der Waals surface area contributed by atoms with Crippen LogP contribution in [0.5, 0.6) is 11.5 Å². The molecule has 10 nitrogen and oxygen atoms in total. The molecular weight excluding hydrogens is 380 g/mol. The summed E-state index contributed by atoms with van der Waals surface area (Å²) in [5.41, 5.74) is 2.63. The minimum absolute atomic E-state index is 0.0518. The fourth-order valence-corrected chi connectivity index (χ4v) is 2.10. The van der Waals surface area contributed by atoms with Crippen LogP contribution in [-0.2, 0) is 14.4 Å². The molecule has 0 unspecified atom stereocenters. The average Bonchev–Trinajstić information content (AvgIpc) is 2.64. The summed E-state index contributed by atoms with van der Waals surface area (Å²) in [6.45, 7) is 1.16. The maximum atomic E-state index is 12.2. The quantitative estimate of drug-likeness (QED) is 0.281. The monoisotopic (exact) mass is 400 g/mol. The number of ether oxygens (including phenoxy) is 2. The van der Waals surface area contributed by atoms with Gasteiger partial charge < -0.3 is 25.2 Å². The number of amides is 3. The van der Waals surface area contributed by atoms with Gasteiger partial charge in [0.05, 0.1) is 38.0 Å². The van der Waals surface area contributed by atoms with Crippen molar-refractivity contribution >= 4 is 40.7 Å². The number of benzene rings is 1. The molecule has 148 valence electrons. The average molecular weight is 401 g/mol. The predicted molar refractivity (Wildman–Crippen MR) is 99.1 cm³/mol. The highest BCUT2D eigenvalue weighted by molar-refractivity contribution is 6.35. The number of carbonyl (C=O) groups excluding carboxylic acids is 3. The molecule has 1 aromatic carbocycles. The summed E-state index contributed by atoms with van der Waals surface area (Å²) in [5, 5.41) is 17.4. The summed E-state index contributed by atoms with van der Waals surface area (Å²) >= 11 is 6.01. The zero-order valence-electron chi connectivity index (χ0n) is 15.1. The SMILES string of the molecule is COc1cc(NC(=O)C/C(C)=N\NC(=O)C(=O)NCCO)c(OC)cc1Cl. The fraction of sp³-hybridized carbons (Fsp3) is 0.375. The molecule has 1 aromatic rings. The Balaban J connectivity index is 2.68. The lowest BCUT2D eigenvalue weighted by Crippen LogP contribution is -2.39. The molecule has 0 saturated carbocycles. The Morgan fingerprint density at radius 3 is 2.41 bits per heavy atom. The second-order valence-electron chi connectivity index (χ2n) is 5.18. The van der Waals surface area contributed by atoms with E-state index < -0.39 is 17.7 Å². The van der Waals surface area contributed by atoms with Crippen LogP contribution in [0.4, 0.5) is 5.69 Å². The van der Waals surface area contributed by atoms with Crippen LogP contribution in [0.1, 0.15) is 13.3 Å². The molecule has 0 aromatic heterocycles. The van der Waals surface area contributed by atoms with Crippen LogP contribution in [0.3, 0.4) is 0 Å². The molecule has 1 rings (SSSR count). The van der Waals surface area contributed by atoms with Crippen molar-refractivity contribution in [3.05, 3.63) is 17.2 Å². The second-order valence-corrected chi connectivity index (χ2v) is 5.59. The smallest absolute Gasteiger partial charge is 0.329 e. The van der Waals surface area contributed by atoms with Crippen molar-refractivity contribution in [2.24, 2.45) is 5.10 Å². The highest BCUT2D eigenvalue weighted by Crippen LogP contribution is 2.35. The number of rotatable bonds is 8. The van der Waals surface area contributed by atoms with Gasteiger partial charge in [0.1, 0.15) is 11.5 Å². The van der Waals surface area contributed by atoms with Gasteiger partial charge in [0, 0.05) is 24.4 Å². The van der Waals surface area contributed by atoms with E-state index in [-0.39, 0.29) is 25.3 Å². The van der Waals surface area contributed by atoms with Gasteiger partial charge in [-0.25, -0.2) is 5.43 Å². The molecule has 27 heavy (non-hydrogen) atoms. The molecule has 0 radical (unpaired) electrons. The number of methoxy groups -OCH3 is 2. The van der Waals surface area contributed by atoms with Crippen molar-refractivity contribution in [1.82, 2.24) is 10.7 Å². The van der Waals surface area contributed by atoms with Gasteiger partial charge in [-0.05, 0) is 6.92 Å². The van der Waals surface area contributed by atoms with Gasteiger partial charge >= 0.3 is 11.8 Å². The number of hydrazone groups is 1. The van der Waals surface area contributed by atoms with Gasteiger partial charge in [-0.1, -0.05) is 11.6 Å². The number of anilines is 1. The Kier molecular flexibility index (Phi) is 9.03. The molecule has 0 aliphatic carbocycles. The third-order valence-electron chi connectivity index (χ3n) is 3.12. The highest BCUT2D eigenvalue weighted by Gasteiger charge is 2.14. The van der Waals surface area contributed by atoms with Crippen molar-refractivity contribution in [3.8, 4) is 11.5 Å². The van der Waals surface area contributed by atoms with E-state index in [1.807, 2.05) is 5.43 Å². The first-order valence-corrected chi connectivity index (χ1v) is 8.13. The molecule has 0 saturated heterocycles. The molecule has 0 bridgehead atoms. The molecule has 0 fully saturated rings. The molecule has 3 amide bonds. The first-order valence-electron chi connectivity index (χ1n) is 7.75. The summed E-state index contributed by atoms with van der Waals surface area (Å²) in [7, 11) is 2.87. The molecule has 0 aliphatic heterocycles. The van der Waals surface area contributed by atoms with Crippen LogP contribution >= 0.6 is 11.6 Å². The first kappa shape index (κ1) is 22.2. The molecule has 0 atom stereocenters. The summed E-state index contributed by atoms with van der Waals surface area (Å²) < 4.78 is 10.3. The Morgan fingerprint density at radius 2 is 1.81 bits per heavy atom. The number of hydrogen-bond acceptors (Lipinski definition) is 7. The lowest BCUT2D eigenvalue weighted by Gasteiger charge is -2.13. The van der Waals surface area contributed by atoms with Crippen molar-refractivity contribution in [1.29, 1.82) is 0 Å². The van der Waals surface area contributed by atoms with Crippen molar-refractivity contribution in [3.63, 3.8) is 0 Å². The van der Waals surface area contributed by atoms with Crippen molar-refractivity contribution < 1.29 is 29.0 Å². The minimum atomic E-state index is -1.01. The van der Waals surface area contributed by atoms with Crippen LogP contribution in [0.25, 0.3) is 0 Å². The van der Waals surface area contributed by atoms with E-state index in [1.54, 1.807) is 0 Å². The van der Waals surface area contributed by atoms with Gasteiger partial charge in [0.25, 0.3) is 0 Å². The lowest BCUT2D eigenvalue weighted by atomic mass is 10.2. The Morgan fingerprint density at radius 1 is 1.15 bits per heavy atom. The second kappa shape index (κ2) is 11.0. The molecule has 0 aliphatic rings. The Hall–Kier alpha value is -2.85. The number of carbonyl (C=O) groups is 3. The minimum Gasteiger partial charge on any atom is -0.495 e. The van der Waals surface area contributed by atoms with E-state index in [0.717, 1.165) is 0 Å². The number of aliphatic hydroxyl groups excluding tert-OH is 1. The van der Waals surface area contributed by atoms with E-state index in [9.17, 15) is 14.4 Å². The number of halogens is 1. The van der Waals surface area contributed by atoms with Crippen LogP contribution in [0.2, 0.25) is 5.02 Å². The van der Waals surface area contributed by atoms with E-state index >= 15 is 0 Å². The maximum Gasteiger partial charge on any atom is 0.329 e. The molecule has 11 heteroatoms. The van der Waals surface area contributed by atoms with E-state index in [4.69, 9.17) is 26.2 Å². The van der Waals surface area contributed by atoms with Gasteiger partial charge in [0.2, 0.25) is 5.91 Å². The fourth-order valence-electron chi connectivity index (χ4n) is 1.87. The first-order chi connectivity index (χ1) is 12.8. The third-order valence-corrected chi connectivity index (χ3v) is 3.41. The molecule has 0 heterocycles. The lowest BCUT2D eigenvalue weighted by molar-refractivity contribution is -0.139. The van der Waals surface area contributed by atoms with Crippen LogP contribution in [0.15, 0.2) is 17.2 Å². The third kappa shape index (κ3) is 7.12. The summed E-state index contributed by atoms with van der Waals surface area (Å²) in [5.74, 6) is -1.68. The highest BCUT2D eigenvalue weighted by atomic mass is 35.5. The Bertz CT molecular complexity index is 738. The predicted octanol–water partition coefficient (Wildman–Crippen LogP) is 0.286. The van der Waals surface area contributed by atoms with Crippen LogP contribution < -0.4 is 25.5 Å². The van der Waals surface area contributed by atoms with E-state index in [2.05, 4.69) is 15.7 Å². The number of hydrogen-bond donors (Lipinski definition) is 4. The maximum absolute atomic E-state index is 12.2. The number of aliphatic hydroxyl groups is 1. The zero-order valence-corrected chi connectivity index (χ0v) is 15.8. The zero-order chi connectivity index (χ0) is 20.4. The summed E-state index contributed by atoms with van der Waals surface area (Å²) in [6.07, 6.45) is -0.146. The van der Waals surface area contributed by atoms with E-state index in [1.165, 1.54) is 33.3 Å². The largest absolute Gasteiger partial charge is 0.495 e. The van der Waals surface area contributed by atoms with Crippen molar-refractivity contribution in [2.75, 3.05) is 32.7 Å². The molecule has 0 spiro atoms. The van der Waals surface area contributed by atoms with Gasteiger partial charge in [-0.3, -0.25) is 14.4 Å². The normalized spacial score (nSPS) is 10.8. The summed E-state index contributed by atoms with van der Waals surface area (Å²) in [6, 6.07) is 3.01. The number of nitrogens with one attached hydrogen (secondary N) is 3. The van der Waals surface area contributed by atoms with E-state index in [0.29, 0.717) is 22.2 Å². The molecular formula is C16H21ClN4O6. The van der Waals surface area contributed by atoms with Gasteiger partial charge in [-0.15, -0.1) is 0 Å². The summed E-state index contributed by atoms with van der Waals surface area (Å²) in [4.78, 5) is 34.9.